The Hall–Kier alpha value is 0.500. The smallest absolute Gasteiger partial charge is 0.0594 e. The molecule has 0 spiro atoms. The molecular formula is C16H32N2O3S2. The van der Waals surface area contributed by atoms with E-state index in [1.165, 1.54) is 24.6 Å². The third-order valence-corrected chi connectivity index (χ3v) is 5.91. The zero-order valence-corrected chi connectivity index (χ0v) is 15.9. The van der Waals surface area contributed by atoms with Crippen molar-refractivity contribution in [1.29, 1.82) is 0 Å². The molecule has 0 aliphatic carbocycles. The molecule has 0 atom stereocenters. The first kappa shape index (κ1) is 19.8. The maximum atomic E-state index is 5.71. The van der Waals surface area contributed by atoms with E-state index in [-0.39, 0.29) is 0 Å². The first-order chi connectivity index (χ1) is 11.4. The second-order valence-electron chi connectivity index (χ2n) is 5.75. The SMILES string of the molecule is C(CSCCN1CCOCC1)OCCSCCN1CCOCC1. The molecule has 0 aromatic heterocycles. The van der Waals surface area contributed by atoms with Crippen LogP contribution in [0.25, 0.3) is 0 Å². The fourth-order valence-electron chi connectivity index (χ4n) is 2.58. The molecule has 2 rings (SSSR count). The van der Waals surface area contributed by atoms with Crippen LogP contribution in [0, 0.1) is 0 Å². The van der Waals surface area contributed by atoms with E-state index in [0.29, 0.717) is 0 Å². The van der Waals surface area contributed by atoms with E-state index in [4.69, 9.17) is 14.2 Å². The highest BCUT2D eigenvalue weighted by Gasteiger charge is 2.10. The van der Waals surface area contributed by atoms with Gasteiger partial charge in [-0.25, -0.2) is 0 Å². The predicted molar refractivity (Wildman–Crippen MR) is 100.0 cm³/mol. The highest BCUT2D eigenvalue weighted by atomic mass is 32.2. The molecule has 0 N–H and O–H groups in total. The van der Waals surface area contributed by atoms with Gasteiger partial charge in [-0.2, -0.15) is 23.5 Å². The first-order valence-electron chi connectivity index (χ1n) is 8.78. The van der Waals surface area contributed by atoms with Crippen LogP contribution in [0.1, 0.15) is 0 Å². The first-order valence-corrected chi connectivity index (χ1v) is 11.1. The van der Waals surface area contributed by atoms with E-state index in [9.17, 15) is 0 Å². The predicted octanol–water partition coefficient (Wildman–Crippen LogP) is 1.13. The van der Waals surface area contributed by atoms with Gasteiger partial charge in [-0.1, -0.05) is 0 Å². The molecule has 0 radical (unpaired) electrons. The summed E-state index contributed by atoms with van der Waals surface area (Å²) in [6.45, 7) is 12.1. The lowest BCUT2D eigenvalue weighted by atomic mass is 10.4. The number of rotatable bonds is 12. The van der Waals surface area contributed by atoms with Crippen LogP contribution in [0.5, 0.6) is 0 Å². The van der Waals surface area contributed by atoms with Crippen LogP contribution in [0.15, 0.2) is 0 Å². The third-order valence-electron chi connectivity index (χ3n) is 4.06. The van der Waals surface area contributed by atoms with Crippen molar-refractivity contribution in [3.8, 4) is 0 Å². The Morgan fingerprint density at radius 3 is 1.52 bits per heavy atom. The molecule has 0 amide bonds. The molecule has 2 aliphatic heterocycles. The highest BCUT2D eigenvalue weighted by Crippen LogP contribution is 2.05. The van der Waals surface area contributed by atoms with Crippen molar-refractivity contribution in [1.82, 2.24) is 9.80 Å². The standard InChI is InChI=1S/C16H32N2O3S2/c1-7-19-8-2-17(1)5-13-22-15-11-21-12-16-23-14-6-18-3-9-20-10-4-18/h1-16H2. The van der Waals surface area contributed by atoms with Gasteiger partial charge in [0, 0.05) is 62.3 Å². The van der Waals surface area contributed by atoms with Crippen LogP contribution in [0.2, 0.25) is 0 Å². The lowest BCUT2D eigenvalue weighted by Crippen LogP contribution is -2.37. The van der Waals surface area contributed by atoms with Gasteiger partial charge in [0.25, 0.3) is 0 Å². The van der Waals surface area contributed by atoms with Crippen LogP contribution in [-0.4, -0.2) is 112 Å². The molecule has 5 nitrogen and oxygen atoms in total. The molecule has 2 heterocycles. The zero-order chi connectivity index (χ0) is 16.0. The Bertz CT molecular complexity index is 250. The van der Waals surface area contributed by atoms with Crippen LogP contribution in [0.4, 0.5) is 0 Å². The maximum Gasteiger partial charge on any atom is 0.0594 e. The van der Waals surface area contributed by atoms with E-state index in [1.807, 2.05) is 23.5 Å². The number of hydrogen-bond donors (Lipinski definition) is 0. The van der Waals surface area contributed by atoms with Crippen molar-refractivity contribution >= 4 is 23.5 Å². The molecule has 0 aromatic rings. The molecule has 23 heavy (non-hydrogen) atoms. The topological polar surface area (TPSA) is 34.2 Å². The summed E-state index contributed by atoms with van der Waals surface area (Å²) in [5, 5.41) is 0. The molecule has 136 valence electrons. The molecule has 2 fully saturated rings. The molecule has 0 bridgehead atoms. The average Bonchev–Trinajstić information content (AvgIpc) is 2.61. The summed E-state index contributed by atoms with van der Waals surface area (Å²) < 4.78 is 16.4. The summed E-state index contributed by atoms with van der Waals surface area (Å²) in [5.41, 5.74) is 0. The van der Waals surface area contributed by atoms with Crippen molar-refractivity contribution in [2.45, 2.75) is 0 Å². The Labute approximate surface area is 149 Å². The number of ether oxygens (including phenoxy) is 3. The average molecular weight is 365 g/mol. The Morgan fingerprint density at radius 2 is 1.09 bits per heavy atom. The molecule has 0 saturated carbocycles. The van der Waals surface area contributed by atoms with Crippen molar-refractivity contribution in [3.63, 3.8) is 0 Å². The van der Waals surface area contributed by atoms with Gasteiger partial charge < -0.3 is 14.2 Å². The van der Waals surface area contributed by atoms with E-state index >= 15 is 0 Å². The van der Waals surface area contributed by atoms with Gasteiger partial charge in [0.1, 0.15) is 0 Å². The lowest BCUT2D eigenvalue weighted by Gasteiger charge is -2.26. The van der Waals surface area contributed by atoms with E-state index in [1.54, 1.807) is 0 Å². The Morgan fingerprint density at radius 1 is 0.652 bits per heavy atom. The number of nitrogens with zero attached hydrogens (tertiary/aromatic N) is 2. The number of morpholine rings is 2. The van der Waals surface area contributed by atoms with Crippen molar-refractivity contribution in [3.05, 3.63) is 0 Å². The minimum atomic E-state index is 0.887. The quantitative estimate of drug-likeness (QED) is 0.480. The second kappa shape index (κ2) is 13.8. The van der Waals surface area contributed by atoms with E-state index in [2.05, 4.69) is 9.80 Å². The summed E-state index contributed by atoms with van der Waals surface area (Å²) in [5.74, 6) is 4.64. The third kappa shape index (κ3) is 10.2. The normalized spacial score (nSPS) is 20.9. The number of hydrogen-bond acceptors (Lipinski definition) is 7. The molecule has 2 aliphatic rings. The van der Waals surface area contributed by atoms with Crippen LogP contribution in [0.3, 0.4) is 0 Å². The summed E-state index contributed by atoms with van der Waals surface area (Å²) in [6, 6.07) is 0. The summed E-state index contributed by atoms with van der Waals surface area (Å²) in [6.07, 6.45) is 0. The summed E-state index contributed by atoms with van der Waals surface area (Å²) in [4.78, 5) is 4.98. The van der Waals surface area contributed by atoms with Crippen LogP contribution < -0.4 is 0 Å². The monoisotopic (exact) mass is 364 g/mol. The summed E-state index contributed by atoms with van der Waals surface area (Å²) >= 11 is 4.00. The van der Waals surface area contributed by atoms with E-state index < -0.39 is 0 Å². The Balaban J connectivity index is 1.26. The molecule has 0 unspecified atom stereocenters. The van der Waals surface area contributed by atoms with Gasteiger partial charge in [-0.05, 0) is 0 Å². The minimum Gasteiger partial charge on any atom is -0.380 e. The molecule has 2 saturated heterocycles. The number of thioether (sulfide) groups is 2. The van der Waals surface area contributed by atoms with Crippen molar-refractivity contribution in [2.75, 3.05) is 102 Å². The maximum absolute atomic E-state index is 5.71. The van der Waals surface area contributed by atoms with Gasteiger partial charge in [0.2, 0.25) is 0 Å². The zero-order valence-electron chi connectivity index (χ0n) is 14.2. The largest absolute Gasteiger partial charge is 0.380 e. The molecule has 0 aromatic carbocycles. The highest BCUT2D eigenvalue weighted by molar-refractivity contribution is 7.99. The van der Waals surface area contributed by atoms with Crippen molar-refractivity contribution in [2.24, 2.45) is 0 Å². The molecule has 7 heteroatoms. The molecular weight excluding hydrogens is 332 g/mol. The van der Waals surface area contributed by atoms with Crippen LogP contribution >= 0.6 is 23.5 Å². The van der Waals surface area contributed by atoms with Crippen molar-refractivity contribution < 1.29 is 14.2 Å². The second-order valence-corrected chi connectivity index (χ2v) is 8.19. The Kier molecular flexibility index (Phi) is 11.9. The van der Waals surface area contributed by atoms with Gasteiger partial charge >= 0.3 is 0 Å². The fraction of sp³-hybridized carbons (Fsp3) is 1.00. The van der Waals surface area contributed by atoms with Gasteiger partial charge in [-0.3, -0.25) is 9.80 Å². The lowest BCUT2D eigenvalue weighted by molar-refractivity contribution is 0.0409. The van der Waals surface area contributed by atoms with E-state index in [0.717, 1.165) is 77.3 Å². The van der Waals surface area contributed by atoms with Gasteiger partial charge in [0.15, 0.2) is 0 Å². The summed E-state index contributed by atoms with van der Waals surface area (Å²) in [7, 11) is 0. The fourth-order valence-corrected chi connectivity index (χ4v) is 4.23. The van der Waals surface area contributed by atoms with Crippen LogP contribution in [-0.2, 0) is 14.2 Å². The van der Waals surface area contributed by atoms with Gasteiger partial charge in [0.05, 0.1) is 39.6 Å². The minimum absolute atomic E-state index is 0.887. The van der Waals surface area contributed by atoms with Gasteiger partial charge in [-0.15, -0.1) is 0 Å².